The van der Waals surface area contributed by atoms with Crippen LogP contribution in [0.2, 0.25) is 0 Å². The van der Waals surface area contributed by atoms with Gasteiger partial charge in [0.25, 0.3) is 0 Å². The van der Waals surface area contributed by atoms with E-state index in [9.17, 15) is 0 Å². The minimum atomic E-state index is 0.144. The van der Waals surface area contributed by atoms with E-state index in [1.54, 1.807) is 25.4 Å². The monoisotopic (exact) mass is 281 g/mol. The van der Waals surface area contributed by atoms with Gasteiger partial charge in [-0.25, -0.2) is 4.98 Å². The third-order valence-electron chi connectivity index (χ3n) is 3.42. The smallest absolute Gasteiger partial charge is 0.164 e. The molecule has 1 aliphatic heterocycles. The molecule has 0 amide bonds. The predicted molar refractivity (Wildman–Crippen MR) is 78.6 cm³/mol. The van der Waals surface area contributed by atoms with Gasteiger partial charge >= 0.3 is 0 Å². The molecule has 5 nitrogen and oxygen atoms in total. The van der Waals surface area contributed by atoms with Gasteiger partial charge < -0.3 is 14.8 Å². The molecule has 0 radical (unpaired) electrons. The molecule has 21 heavy (non-hydrogen) atoms. The van der Waals surface area contributed by atoms with E-state index < -0.39 is 0 Å². The quantitative estimate of drug-likeness (QED) is 0.935. The first-order valence-electron chi connectivity index (χ1n) is 6.71. The predicted octanol–water partition coefficient (Wildman–Crippen LogP) is 2.38. The topological polar surface area (TPSA) is 67.2 Å². The van der Waals surface area contributed by atoms with Crippen LogP contribution in [-0.2, 0) is 6.42 Å². The minimum absolute atomic E-state index is 0.144. The third kappa shape index (κ3) is 2.75. The molecule has 3 rings (SSSR count). The number of benzene rings is 1. The zero-order valence-corrected chi connectivity index (χ0v) is 11.7. The normalized spacial score (nSPS) is 16.3. The van der Waals surface area contributed by atoms with Crippen molar-refractivity contribution in [1.82, 2.24) is 4.98 Å². The molecule has 2 aromatic rings. The van der Waals surface area contributed by atoms with Gasteiger partial charge in [0.2, 0.25) is 0 Å². The molecule has 0 saturated heterocycles. The Morgan fingerprint density at radius 3 is 3.00 bits per heavy atom. The average molecular weight is 281 g/mol. The molecule has 1 N–H and O–H groups in total. The molecule has 0 aliphatic carbocycles. The van der Waals surface area contributed by atoms with Gasteiger partial charge in [0.1, 0.15) is 18.5 Å². The largest absolute Gasteiger partial charge is 0.493 e. The molecular formula is C16H15N3O2. The lowest BCUT2D eigenvalue weighted by Crippen LogP contribution is -2.33. The van der Waals surface area contributed by atoms with E-state index in [1.165, 1.54) is 0 Å². The summed E-state index contributed by atoms with van der Waals surface area (Å²) in [5.74, 6) is 2.34. The molecule has 1 atom stereocenters. The molecule has 106 valence electrons. The van der Waals surface area contributed by atoms with Crippen LogP contribution in [0.15, 0.2) is 36.5 Å². The second-order valence-electron chi connectivity index (χ2n) is 4.85. The molecule has 0 saturated carbocycles. The van der Waals surface area contributed by atoms with Gasteiger partial charge in [0.05, 0.1) is 18.7 Å². The number of ether oxygens (including phenoxy) is 2. The summed E-state index contributed by atoms with van der Waals surface area (Å²) in [6.07, 6.45) is 2.40. The Bertz CT molecular complexity index is 677. The Labute approximate surface area is 123 Å². The summed E-state index contributed by atoms with van der Waals surface area (Å²) in [7, 11) is 1.64. The van der Waals surface area contributed by atoms with Crippen molar-refractivity contribution >= 4 is 5.82 Å². The molecule has 2 heterocycles. The molecule has 1 aromatic carbocycles. The van der Waals surface area contributed by atoms with Crippen molar-refractivity contribution in [2.75, 3.05) is 19.0 Å². The summed E-state index contributed by atoms with van der Waals surface area (Å²) in [5.41, 5.74) is 1.67. The molecule has 5 heteroatoms. The molecule has 0 fully saturated rings. The van der Waals surface area contributed by atoms with E-state index in [1.807, 2.05) is 18.2 Å². The maximum absolute atomic E-state index is 8.77. The zero-order chi connectivity index (χ0) is 14.7. The fraction of sp³-hybridized carbons (Fsp3) is 0.250. The number of nitrogens with one attached hydrogen (secondary N) is 1. The fourth-order valence-electron chi connectivity index (χ4n) is 2.40. The lowest BCUT2D eigenvalue weighted by molar-refractivity contribution is 0.256. The Hall–Kier alpha value is -2.74. The van der Waals surface area contributed by atoms with E-state index in [2.05, 4.69) is 16.4 Å². The van der Waals surface area contributed by atoms with Gasteiger partial charge in [0, 0.05) is 11.8 Å². The molecule has 0 spiro atoms. The van der Waals surface area contributed by atoms with Gasteiger partial charge in [0.15, 0.2) is 11.5 Å². The van der Waals surface area contributed by atoms with Crippen LogP contribution in [0.4, 0.5) is 5.82 Å². The van der Waals surface area contributed by atoms with E-state index in [0.717, 1.165) is 29.3 Å². The van der Waals surface area contributed by atoms with Crippen molar-refractivity contribution in [3.05, 3.63) is 47.7 Å². The second-order valence-corrected chi connectivity index (χ2v) is 4.85. The zero-order valence-electron chi connectivity index (χ0n) is 11.7. The van der Waals surface area contributed by atoms with Crippen molar-refractivity contribution in [3.63, 3.8) is 0 Å². The number of nitrogens with zero attached hydrogens (tertiary/aromatic N) is 2. The maximum Gasteiger partial charge on any atom is 0.164 e. The number of pyridine rings is 1. The second kappa shape index (κ2) is 5.71. The Morgan fingerprint density at radius 1 is 1.38 bits per heavy atom. The average Bonchev–Trinajstić information content (AvgIpc) is 2.54. The highest BCUT2D eigenvalue weighted by Crippen LogP contribution is 2.34. The van der Waals surface area contributed by atoms with Crippen molar-refractivity contribution < 1.29 is 9.47 Å². The maximum atomic E-state index is 8.77. The Morgan fingerprint density at radius 2 is 2.29 bits per heavy atom. The summed E-state index contributed by atoms with van der Waals surface area (Å²) in [4.78, 5) is 4.22. The van der Waals surface area contributed by atoms with Crippen LogP contribution < -0.4 is 14.8 Å². The first-order valence-corrected chi connectivity index (χ1v) is 6.71. The van der Waals surface area contributed by atoms with Gasteiger partial charge in [-0.2, -0.15) is 5.26 Å². The lowest BCUT2D eigenvalue weighted by atomic mass is 10.0. The minimum Gasteiger partial charge on any atom is -0.493 e. The van der Waals surface area contributed by atoms with Crippen LogP contribution in [-0.4, -0.2) is 24.7 Å². The molecule has 1 aliphatic rings. The van der Waals surface area contributed by atoms with Crippen molar-refractivity contribution in [2.24, 2.45) is 0 Å². The number of fused-ring (bicyclic) bond motifs is 1. The number of rotatable bonds is 3. The van der Waals surface area contributed by atoms with Gasteiger partial charge in [-0.1, -0.05) is 12.1 Å². The van der Waals surface area contributed by atoms with Crippen LogP contribution in [0.3, 0.4) is 0 Å². The summed E-state index contributed by atoms with van der Waals surface area (Å²) in [6, 6.07) is 11.6. The van der Waals surface area contributed by atoms with Crippen molar-refractivity contribution in [1.29, 1.82) is 5.26 Å². The number of anilines is 1. The highest BCUT2D eigenvalue weighted by Gasteiger charge is 2.22. The van der Waals surface area contributed by atoms with E-state index in [-0.39, 0.29) is 6.04 Å². The summed E-state index contributed by atoms with van der Waals surface area (Å²) >= 11 is 0. The number of nitriles is 1. The number of para-hydroxylation sites is 1. The van der Waals surface area contributed by atoms with E-state index in [0.29, 0.717) is 12.2 Å². The number of aromatic nitrogens is 1. The molecular weight excluding hydrogens is 266 g/mol. The van der Waals surface area contributed by atoms with Crippen LogP contribution in [0.25, 0.3) is 0 Å². The summed E-state index contributed by atoms with van der Waals surface area (Å²) in [6.45, 7) is 0.551. The van der Waals surface area contributed by atoms with Crippen LogP contribution in [0, 0.1) is 11.3 Å². The summed E-state index contributed by atoms with van der Waals surface area (Å²) < 4.78 is 11.1. The summed E-state index contributed by atoms with van der Waals surface area (Å²) in [5, 5.41) is 12.1. The molecule has 1 aromatic heterocycles. The number of methoxy groups -OCH3 is 1. The first-order chi connectivity index (χ1) is 10.3. The van der Waals surface area contributed by atoms with Crippen LogP contribution in [0.5, 0.6) is 11.5 Å². The first kappa shape index (κ1) is 13.3. The van der Waals surface area contributed by atoms with E-state index in [4.69, 9.17) is 14.7 Å². The lowest BCUT2D eigenvalue weighted by Gasteiger charge is -2.27. The molecule has 0 bridgehead atoms. The third-order valence-corrected chi connectivity index (χ3v) is 3.42. The highest BCUT2D eigenvalue weighted by molar-refractivity contribution is 5.49. The number of hydrogen-bond donors (Lipinski definition) is 1. The van der Waals surface area contributed by atoms with Crippen LogP contribution >= 0.6 is 0 Å². The number of hydrogen-bond acceptors (Lipinski definition) is 5. The van der Waals surface area contributed by atoms with Crippen molar-refractivity contribution in [2.45, 2.75) is 12.5 Å². The van der Waals surface area contributed by atoms with Gasteiger partial charge in [-0.15, -0.1) is 0 Å². The Balaban J connectivity index is 1.73. The highest BCUT2D eigenvalue weighted by atomic mass is 16.5. The standard InChI is InChI=1S/C16H15N3O2/c1-20-14-4-2-3-12-7-13(10-21-16(12)14)19-15-6-5-11(8-17)9-18-15/h2-6,9,13H,7,10H2,1H3,(H,18,19)/t13-/m1/s1. The van der Waals surface area contributed by atoms with Gasteiger partial charge in [-0.3, -0.25) is 0 Å². The SMILES string of the molecule is COc1cccc2c1OC[C@H](Nc1ccc(C#N)cn1)C2. The van der Waals surface area contributed by atoms with Gasteiger partial charge in [-0.05, 0) is 24.6 Å². The van der Waals surface area contributed by atoms with Crippen LogP contribution in [0.1, 0.15) is 11.1 Å². The Kier molecular flexibility index (Phi) is 3.61. The van der Waals surface area contributed by atoms with Crippen molar-refractivity contribution in [3.8, 4) is 17.6 Å². The van der Waals surface area contributed by atoms with E-state index >= 15 is 0 Å². The molecule has 0 unspecified atom stereocenters. The fourth-order valence-corrected chi connectivity index (χ4v) is 2.40.